The van der Waals surface area contributed by atoms with Crippen LogP contribution in [-0.4, -0.2) is 62.6 Å². The number of rotatable bonds is 21. The quantitative estimate of drug-likeness (QED) is 0.0315. The van der Waals surface area contributed by atoms with Crippen LogP contribution in [0.2, 0.25) is 0 Å². The first kappa shape index (κ1) is 45.5. The van der Waals surface area contributed by atoms with Crippen molar-refractivity contribution in [2.45, 2.75) is 93.9 Å². The van der Waals surface area contributed by atoms with Gasteiger partial charge in [-0.25, -0.2) is 0 Å². The molecule has 3 aliphatic rings. The number of nitro groups is 1. The van der Waals surface area contributed by atoms with Crippen LogP contribution in [0.3, 0.4) is 0 Å². The highest BCUT2D eigenvalue weighted by atomic mass is 32.2. The van der Waals surface area contributed by atoms with Gasteiger partial charge in [-0.05, 0) is 122 Å². The number of nitrogens with one attached hydrogen (secondary N) is 1. The van der Waals surface area contributed by atoms with E-state index in [1.165, 1.54) is 19.1 Å². The number of hydrogen-bond acceptors (Lipinski definition) is 12. The number of carbonyl (C=O) groups is 1. The molecule has 0 spiro atoms. The predicted molar refractivity (Wildman–Crippen MR) is 243 cm³/mol. The number of nitro benzene ring substituents is 1. The van der Waals surface area contributed by atoms with Crippen LogP contribution in [0.4, 0.5) is 11.4 Å². The van der Waals surface area contributed by atoms with E-state index in [4.69, 9.17) is 24.2 Å². The Morgan fingerprint density at radius 1 is 1.03 bits per heavy atom. The van der Waals surface area contributed by atoms with E-state index in [0.29, 0.717) is 43.1 Å². The molecule has 332 valence electrons. The summed E-state index contributed by atoms with van der Waals surface area (Å²) in [4.78, 5) is 34.5. The average Bonchev–Trinajstić information content (AvgIpc) is 3.27. The van der Waals surface area contributed by atoms with Crippen molar-refractivity contribution in [3.8, 4) is 11.5 Å². The van der Waals surface area contributed by atoms with Crippen LogP contribution in [0.15, 0.2) is 119 Å². The van der Waals surface area contributed by atoms with E-state index in [0.717, 1.165) is 64.4 Å². The van der Waals surface area contributed by atoms with Crippen LogP contribution in [0.1, 0.15) is 80.3 Å². The maximum atomic E-state index is 11.9. The SMILES string of the molecule is C=CCOC12Oc3ccc(OCc4cccc(C)n4)cc3C3C(CCCCO)C(CCCCO)C=C(C(=NOCc4ccc([N+](=O)[O-])cc4)CC1Sc1ccc(NC(C)=O)cc1)C32. The summed E-state index contributed by atoms with van der Waals surface area (Å²) >= 11 is 1.61. The maximum Gasteiger partial charge on any atom is 0.269 e. The highest BCUT2D eigenvalue weighted by molar-refractivity contribution is 8.00. The number of allylic oxidation sites excluding steroid dienone is 1. The number of aromatic nitrogens is 1. The van der Waals surface area contributed by atoms with E-state index >= 15 is 0 Å². The molecule has 1 amide bonds. The molecule has 0 saturated heterocycles. The van der Waals surface area contributed by atoms with Crippen molar-refractivity contribution in [1.82, 2.24) is 4.98 Å². The minimum Gasteiger partial charge on any atom is -0.487 e. The largest absolute Gasteiger partial charge is 0.487 e. The Hall–Kier alpha value is -5.54. The second-order valence-corrected chi connectivity index (χ2v) is 17.6. The topological polar surface area (TPSA) is 175 Å². The number of thioether (sulfide) groups is 1. The van der Waals surface area contributed by atoms with Gasteiger partial charge in [-0.15, -0.1) is 18.3 Å². The van der Waals surface area contributed by atoms with E-state index in [9.17, 15) is 25.1 Å². The summed E-state index contributed by atoms with van der Waals surface area (Å²) in [6.45, 7) is 8.27. The predicted octanol–water partition coefficient (Wildman–Crippen LogP) is 9.46. The van der Waals surface area contributed by atoms with E-state index in [2.05, 4.69) is 29.0 Å². The Balaban J connectivity index is 1.36. The number of hydrogen-bond donors (Lipinski definition) is 3. The fourth-order valence-electron chi connectivity index (χ4n) is 9.23. The maximum absolute atomic E-state index is 11.9. The zero-order valence-corrected chi connectivity index (χ0v) is 36.6. The molecule has 1 aliphatic heterocycles. The number of amides is 1. The molecule has 13 nitrogen and oxygen atoms in total. The second-order valence-electron chi connectivity index (χ2n) is 16.3. The normalized spacial score (nSPS) is 22.8. The molecule has 2 aliphatic carbocycles. The molecular weight excluding hydrogens is 821 g/mol. The van der Waals surface area contributed by atoms with Crippen molar-refractivity contribution in [3.05, 3.63) is 142 Å². The summed E-state index contributed by atoms with van der Waals surface area (Å²) in [5.74, 6) is -0.338. The van der Waals surface area contributed by atoms with Crippen molar-refractivity contribution >= 4 is 34.8 Å². The number of aliphatic hydroxyl groups excluding tert-OH is 2. The zero-order valence-electron chi connectivity index (χ0n) is 35.8. The highest BCUT2D eigenvalue weighted by Gasteiger charge is 2.64. The summed E-state index contributed by atoms with van der Waals surface area (Å²) in [7, 11) is 0. The van der Waals surface area contributed by atoms with Gasteiger partial charge in [-0.1, -0.05) is 36.2 Å². The number of benzene rings is 3. The van der Waals surface area contributed by atoms with Gasteiger partial charge >= 0.3 is 0 Å². The molecule has 4 aromatic rings. The van der Waals surface area contributed by atoms with Crippen LogP contribution in [-0.2, 0) is 27.6 Å². The number of unbranched alkanes of at least 4 members (excludes halogenated alkanes) is 2. The van der Waals surface area contributed by atoms with Crippen molar-refractivity contribution in [1.29, 1.82) is 0 Å². The minimum absolute atomic E-state index is 0.00432. The number of non-ortho nitro benzene ring substituents is 1. The molecule has 2 heterocycles. The molecule has 0 radical (unpaired) electrons. The average molecular weight is 877 g/mol. The van der Waals surface area contributed by atoms with E-state index < -0.39 is 10.7 Å². The molecule has 1 aromatic heterocycles. The number of fused-ring (bicyclic) bond motifs is 2. The van der Waals surface area contributed by atoms with Crippen LogP contribution in [0, 0.1) is 34.8 Å². The Morgan fingerprint density at radius 2 is 1.79 bits per heavy atom. The molecule has 3 aromatic carbocycles. The summed E-state index contributed by atoms with van der Waals surface area (Å²) in [5.41, 5.74) is 5.87. The lowest BCUT2D eigenvalue weighted by molar-refractivity contribution is -0.384. The van der Waals surface area contributed by atoms with Gasteiger partial charge < -0.3 is 34.6 Å². The molecule has 1 fully saturated rings. The lowest BCUT2D eigenvalue weighted by atomic mass is 9.56. The van der Waals surface area contributed by atoms with Gasteiger partial charge in [0.1, 0.15) is 24.7 Å². The van der Waals surface area contributed by atoms with Crippen molar-refractivity contribution in [3.63, 3.8) is 0 Å². The Kier molecular flexibility index (Phi) is 15.3. The number of carbonyl (C=O) groups excluding carboxylic acids is 1. The molecule has 1 saturated carbocycles. The first-order chi connectivity index (χ1) is 30.6. The van der Waals surface area contributed by atoms with Gasteiger partial charge in [0, 0.05) is 66.4 Å². The van der Waals surface area contributed by atoms with E-state index in [-0.39, 0.29) is 66.9 Å². The monoisotopic (exact) mass is 876 g/mol. The molecule has 3 N–H and O–H groups in total. The summed E-state index contributed by atoms with van der Waals surface area (Å²) < 4.78 is 20.8. The molecule has 6 atom stereocenters. The number of pyridine rings is 1. The number of anilines is 1. The minimum atomic E-state index is -1.21. The van der Waals surface area contributed by atoms with Gasteiger partial charge in [0.25, 0.3) is 5.69 Å². The Labute approximate surface area is 372 Å². The van der Waals surface area contributed by atoms with Gasteiger partial charge in [0.2, 0.25) is 11.7 Å². The first-order valence-electron chi connectivity index (χ1n) is 21.7. The lowest BCUT2D eigenvalue weighted by Gasteiger charge is -2.58. The van der Waals surface area contributed by atoms with Crippen LogP contribution in [0.25, 0.3) is 0 Å². The Morgan fingerprint density at radius 3 is 2.49 bits per heavy atom. The van der Waals surface area contributed by atoms with E-state index in [1.54, 1.807) is 30.0 Å². The summed E-state index contributed by atoms with van der Waals surface area (Å²) in [6, 6.07) is 25.8. The lowest BCUT2D eigenvalue weighted by Crippen LogP contribution is -2.64. The summed E-state index contributed by atoms with van der Waals surface area (Å²) in [5, 5.41) is 38.6. The number of ether oxygens (including phenoxy) is 3. The molecule has 6 unspecified atom stereocenters. The zero-order chi connectivity index (χ0) is 44.3. The van der Waals surface area contributed by atoms with Gasteiger partial charge in [-0.3, -0.25) is 19.9 Å². The van der Waals surface area contributed by atoms with Crippen molar-refractivity contribution in [2.24, 2.45) is 22.9 Å². The molecule has 0 bridgehead atoms. The standard InChI is InChI=1S/C49H56N4O9S/c1-4-26-60-49-46(63-40-21-16-36(17-22-40)51-33(3)56)29-44(52-61-30-34-14-18-38(19-15-34)53(57)58)42-27-35(11-5-7-24-54)41(13-6-8-25-55)47(48(42)49)43-28-39(20-23-45(43)62-49)59-31-37-12-9-10-32(2)50-37/h4,9-10,12,14-23,27-28,35,41,46-48,54-55H,1,5-8,11,13,24-26,29-31H2,2-3H3,(H,51,56). The Bertz CT molecular complexity index is 2290. The molecular formula is C49H56N4O9S. The first-order valence-corrected chi connectivity index (χ1v) is 22.5. The van der Waals surface area contributed by atoms with Gasteiger partial charge in [-0.2, -0.15) is 0 Å². The van der Waals surface area contributed by atoms with Gasteiger partial charge in [0.15, 0.2) is 0 Å². The van der Waals surface area contributed by atoms with Gasteiger partial charge in [0.05, 0.1) is 34.1 Å². The fourth-order valence-corrected chi connectivity index (χ4v) is 10.5. The number of aryl methyl sites for hydroxylation is 1. The third-order valence-corrected chi connectivity index (χ3v) is 13.3. The molecule has 7 rings (SSSR count). The molecule has 63 heavy (non-hydrogen) atoms. The van der Waals surface area contributed by atoms with Crippen LogP contribution < -0.4 is 14.8 Å². The highest BCUT2D eigenvalue weighted by Crippen LogP contribution is 2.63. The molecule has 14 heteroatoms. The van der Waals surface area contributed by atoms with Crippen LogP contribution in [0.5, 0.6) is 11.5 Å². The third kappa shape index (κ3) is 10.8. The fraction of sp³-hybridized carbons (Fsp3) is 0.408. The number of nitrogens with zero attached hydrogens (tertiary/aromatic N) is 3. The van der Waals surface area contributed by atoms with Crippen molar-refractivity contribution in [2.75, 3.05) is 25.1 Å². The smallest absolute Gasteiger partial charge is 0.269 e. The number of aliphatic hydroxyl groups is 2. The van der Waals surface area contributed by atoms with Crippen molar-refractivity contribution < 1.29 is 39.0 Å². The second kappa shape index (κ2) is 21.2. The summed E-state index contributed by atoms with van der Waals surface area (Å²) in [6.07, 6.45) is 9.12. The number of oxime groups is 1. The van der Waals surface area contributed by atoms with E-state index in [1.807, 2.05) is 61.5 Å². The van der Waals surface area contributed by atoms with Crippen LogP contribution >= 0.6 is 11.8 Å². The third-order valence-electron chi connectivity index (χ3n) is 12.0.